The van der Waals surface area contributed by atoms with E-state index in [9.17, 15) is 8.42 Å². The fourth-order valence-corrected chi connectivity index (χ4v) is 9.82. The molecule has 0 aromatic heterocycles. The number of hydrogen-bond acceptors (Lipinski definition) is 2. The van der Waals surface area contributed by atoms with Crippen molar-refractivity contribution in [1.82, 2.24) is 0 Å². The van der Waals surface area contributed by atoms with Crippen LogP contribution in [0.3, 0.4) is 0 Å². The molecule has 2 nitrogen and oxygen atoms in total. The normalized spacial score (nSPS) is 14.8. The molecule has 0 bridgehead atoms. The maximum absolute atomic E-state index is 11.3. The van der Waals surface area contributed by atoms with E-state index in [1.54, 1.807) is 24.3 Å². The Morgan fingerprint density at radius 2 is 1.62 bits per heavy atom. The van der Waals surface area contributed by atoms with E-state index in [0.29, 0.717) is 0 Å². The zero-order valence-electron chi connectivity index (χ0n) is 7.91. The van der Waals surface area contributed by atoms with Crippen molar-refractivity contribution in [3.63, 3.8) is 0 Å². The lowest BCUT2D eigenvalue weighted by molar-refractivity contribution is 0.605. The smallest absolute Gasteiger partial charge is 0.212 e. The van der Waals surface area contributed by atoms with E-state index in [1.807, 2.05) is 6.07 Å². The summed E-state index contributed by atoms with van der Waals surface area (Å²) in [6.45, 7) is 0. The molecule has 0 N–H and O–H groups in total. The van der Waals surface area contributed by atoms with Gasteiger partial charge >= 0.3 is 6.00 Å². The Kier molecular flexibility index (Phi) is 4.98. The average Bonchev–Trinajstić information content (AvgIpc) is 2.12. The number of halogens is 4. The molecule has 0 spiro atoms. The number of rotatable bonds is 4. The second kappa shape index (κ2) is 5.46. The van der Waals surface area contributed by atoms with Crippen LogP contribution in [0.4, 0.5) is 0 Å². The Morgan fingerprint density at radius 3 is 2.00 bits per heavy atom. The Bertz CT molecular complexity index is 443. The molecule has 90 valence electrons. The lowest BCUT2D eigenvalue weighted by Crippen LogP contribution is -2.38. The highest BCUT2D eigenvalue weighted by Crippen LogP contribution is 2.33. The van der Waals surface area contributed by atoms with Crippen molar-refractivity contribution in [2.75, 3.05) is 0 Å². The minimum absolute atomic E-state index is 0.120. The molecule has 8 heteroatoms. The average molecular weight is 338 g/mol. The van der Waals surface area contributed by atoms with E-state index in [0.717, 1.165) is 5.56 Å². The second-order valence-electron chi connectivity index (χ2n) is 3.20. The third kappa shape index (κ3) is 4.43. The summed E-state index contributed by atoms with van der Waals surface area (Å²) >= 11 is 17.2. The van der Waals surface area contributed by atoms with Gasteiger partial charge in [-0.05, 0) is 12.0 Å². The Morgan fingerprint density at radius 1 is 1.12 bits per heavy atom. The molecule has 16 heavy (non-hydrogen) atoms. The highest BCUT2D eigenvalue weighted by atomic mass is 35.8. The van der Waals surface area contributed by atoms with E-state index in [-0.39, 0.29) is 6.42 Å². The topological polar surface area (TPSA) is 34.1 Å². The largest absolute Gasteiger partial charge is 0.360 e. The summed E-state index contributed by atoms with van der Waals surface area (Å²) in [6.07, 6.45) is 0.120. The van der Waals surface area contributed by atoms with Crippen molar-refractivity contribution in [3.05, 3.63) is 35.9 Å². The van der Waals surface area contributed by atoms with Gasteiger partial charge in [-0.3, -0.25) is 0 Å². The van der Waals surface area contributed by atoms with Crippen LogP contribution >= 0.6 is 43.9 Å². The van der Waals surface area contributed by atoms with E-state index < -0.39 is 19.9 Å². The Labute approximate surface area is 114 Å². The standard InChI is InChI=1S/C8H8Cl4O2SSi/c9-15(13,14)8(16(10,11)12)6-7-4-2-1-3-5-7/h1-5,8H,6H2. The van der Waals surface area contributed by atoms with Crippen molar-refractivity contribution in [3.8, 4) is 0 Å². The van der Waals surface area contributed by atoms with Crippen molar-refractivity contribution in [2.45, 2.75) is 11.3 Å². The third-order valence-corrected chi connectivity index (χ3v) is 10.4. The summed E-state index contributed by atoms with van der Waals surface area (Å²) in [4.78, 5) is -1.13. The minimum atomic E-state index is -3.88. The van der Waals surface area contributed by atoms with Crippen LogP contribution < -0.4 is 0 Å². The van der Waals surface area contributed by atoms with Crippen LogP contribution in [0, 0.1) is 0 Å². The van der Waals surface area contributed by atoms with E-state index in [2.05, 4.69) is 0 Å². The first-order valence-electron chi connectivity index (χ1n) is 4.25. The zero-order chi connectivity index (χ0) is 12.4. The molecule has 0 radical (unpaired) electrons. The summed E-state index contributed by atoms with van der Waals surface area (Å²) < 4.78 is 22.7. The molecule has 0 heterocycles. The highest BCUT2D eigenvalue weighted by Gasteiger charge is 2.45. The van der Waals surface area contributed by atoms with Crippen LogP contribution in [-0.4, -0.2) is 19.3 Å². The van der Waals surface area contributed by atoms with Crippen molar-refractivity contribution < 1.29 is 8.42 Å². The van der Waals surface area contributed by atoms with Crippen molar-refractivity contribution in [1.29, 1.82) is 0 Å². The molecule has 0 saturated carbocycles. The summed E-state index contributed by atoms with van der Waals surface area (Å²) in [7, 11) is 1.40. The molecular formula is C8H8Cl4O2SSi. The molecule has 1 aromatic carbocycles. The van der Waals surface area contributed by atoms with Gasteiger partial charge in [0.05, 0.1) is 0 Å². The van der Waals surface area contributed by atoms with E-state index in [1.165, 1.54) is 0 Å². The van der Waals surface area contributed by atoms with Gasteiger partial charge in [0, 0.05) is 10.7 Å². The Balaban J connectivity index is 2.99. The molecule has 0 aliphatic rings. The summed E-state index contributed by atoms with van der Waals surface area (Å²) in [5, 5.41) is 0. The first-order chi connectivity index (χ1) is 7.21. The molecule has 0 amide bonds. The predicted octanol–water partition coefficient (Wildman–Crippen LogP) is 3.36. The third-order valence-electron chi connectivity index (χ3n) is 1.97. The van der Waals surface area contributed by atoms with Gasteiger partial charge in [-0.15, -0.1) is 33.2 Å². The minimum Gasteiger partial charge on any atom is -0.212 e. The van der Waals surface area contributed by atoms with Crippen LogP contribution in [0.5, 0.6) is 0 Å². The molecule has 1 unspecified atom stereocenters. The highest BCUT2D eigenvalue weighted by molar-refractivity contribution is 8.17. The molecule has 0 aliphatic heterocycles. The van der Waals surface area contributed by atoms with Gasteiger partial charge in [0.2, 0.25) is 9.05 Å². The molecule has 1 atom stereocenters. The van der Waals surface area contributed by atoms with E-state index in [4.69, 9.17) is 43.9 Å². The molecule has 0 fully saturated rings. The van der Waals surface area contributed by atoms with Gasteiger partial charge < -0.3 is 0 Å². The molecule has 0 aliphatic carbocycles. The fourth-order valence-electron chi connectivity index (χ4n) is 1.20. The zero-order valence-corrected chi connectivity index (χ0v) is 12.7. The van der Waals surface area contributed by atoms with Crippen LogP contribution in [0.15, 0.2) is 30.3 Å². The van der Waals surface area contributed by atoms with Gasteiger partial charge in [0.25, 0.3) is 0 Å². The molecule has 1 aromatic rings. The molecule has 0 saturated heterocycles. The van der Waals surface area contributed by atoms with Crippen LogP contribution in [0.2, 0.25) is 0 Å². The monoisotopic (exact) mass is 336 g/mol. The lowest BCUT2D eigenvalue weighted by atomic mass is 10.2. The first-order valence-corrected chi connectivity index (χ1v) is 11.7. The van der Waals surface area contributed by atoms with Crippen molar-refractivity contribution in [2.24, 2.45) is 0 Å². The van der Waals surface area contributed by atoms with Gasteiger partial charge in [0.15, 0.2) is 0 Å². The van der Waals surface area contributed by atoms with Gasteiger partial charge in [-0.25, -0.2) is 8.42 Å². The maximum Gasteiger partial charge on any atom is 0.360 e. The second-order valence-corrected chi connectivity index (χ2v) is 15.3. The predicted molar refractivity (Wildman–Crippen MR) is 72.0 cm³/mol. The fraction of sp³-hybridized carbons (Fsp3) is 0.250. The van der Waals surface area contributed by atoms with Crippen molar-refractivity contribution >= 4 is 59.0 Å². The SMILES string of the molecule is O=S(=O)(Cl)C(Cc1ccccc1)[Si](Cl)(Cl)Cl. The first kappa shape index (κ1) is 14.6. The van der Waals surface area contributed by atoms with Gasteiger partial charge in [-0.1, -0.05) is 30.3 Å². The number of benzene rings is 1. The van der Waals surface area contributed by atoms with Crippen LogP contribution in [0.1, 0.15) is 5.56 Å². The Hall–Kier alpha value is 0.547. The van der Waals surface area contributed by atoms with Crippen LogP contribution in [-0.2, 0) is 15.5 Å². The summed E-state index contributed by atoms with van der Waals surface area (Å²) in [5.41, 5.74) is 0.774. The summed E-state index contributed by atoms with van der Waals surface area (Å²) in [5.74, 6) is 0. The maximum atomic E-state index is 11.3. The summed E-state index contributed by atoms with van der Waals surface area (Å²) in [6, 6.07) is 5.51. The van der Waals surface area contributed by atoms with Crippen LogP contribution in [0.25, 0.3) is 0 Å². The van der Waals surface area contributed by atoms with E-state index >= 15 is 0 Å². The van der Waals surface area contributed by atoms with Gasteiger partial charge in [0.1, 0.15) is 4.87 Å². The van der Waals surface area contributed by atoms with Gasteiger partial charge in [-0.2, -0.15) is 0 Å². The lowest BCUT2D eigenvalue weighted by Gasteiger charge is -2.18. The molecular weight excluding hydrogens is 330 g/mol. The quantitative estimate of drug-likeness (QED) is 0.479. The molecule has 1 rings (SSSR count). The number of hydrogen-bond donors (Lipinski definition) is 0.